The van der Waals surface area contributed by atoms with E-state index >= 15 is 0 Å². The third-order valence-electron chi connectivity index (χ3n) is 3.13. The van der Waals surface area contributed by atoms with Crippen molar-refractivity contribution in [1.29, 1.82) is 0 Å². The van der Waals surface area contributed by atoms with Crippen LogP contribution >= 0.6 is 23.1 Å². The molecule has 144 valence electrons. The van der Waals surface area contributed by atoms with Crippen molar-refractivity contribution >= 4 is 52.0 Å². The summed E-state index contributed by atoms with van der Waals surface area (Å²) in [6.07, 6.45) is 2.98. The van der Waals surface area contributed by atoms with Crippen LogP contribution in [0.25, 0.3) is 0 Å². The molecule has 0 spiro atoms. The normalized spacial score (nSPS) is 10.9. The van der Waals surface area contributed by atoms with Crippen LogP contribution in [-0.2, 0) is 4.79 Å². The molecule has 0 aliphatic rings. The number of nitrogen functional groups attached to an aromatic ring is 1. The Bertz CT molecular complexity index is 1000. The lowest BCUT2D eigenvalue weighted by atomic mass is 10.2. The average molecular weight is 419 g/mol. The second-order valence-corrected chi connectivity index (χ2v) is 6.91. The Labute approximate surface area is 166 Å². The Morgan fingerprint density at radius 1 is 1.46 bits per heavy atom. The average Bonchev–Trinajstić information content (AvgIpc) is 3.31. The number of hydrogen-bond acceptors (Lipinski definition) is 11. The van der Waals surface area contributed by atoms with Crippen LogP contribution in [0.1, 0.15) is 5.56 Å². The van der Waals surface area contributed by atoms with Crippen molar-refractivity contribution in [2.45, 2.75) is 5.16 Å². The molecular weight excluding hydrogens is 406 g/mol. The molecule has 4 N–H and O–H groups in total. The molecule has 1 amide bonds. The topological polar surface area (TPSA) is 166 Å². The first-order valence-electron chi connectivity index (χ1n) is 7.59. The number of carbonyl (C=O) groups is 1. The van der Waals surface area contributed by atoms with Crippen molar-refractivity contribution in [2.24, 2.45) is 5.10 Å². The SMILES string of the molecule is Nn1c(N/N=C/c2cccc([N+](=O)[O-])c2)nnc1SCC(=O)Nc1nccs1. The van der Waals surface area contributed by atoms with Gasteiger partial charge in [0.05, 0.1) is 16.9 Å². The fourth-order valence-corrected chi connectivity index (χ4v) is 3.11. The van der Waals surface area contributed by atoms with Gasteiger partial charge in [0.1, 0.15) is 0 Å². The first-order chi connectivity index (χ1) is 13.5. The Hall–Kier alpha value is -3.52. The maximum Gasteiger partial charge on any atom is 0.270 e. The smallest absolute Gasteiger partial charge is 0.270 e. The second-order valence-electron chi connectivity index (χ2n) is 5.07. The predicted octanol–water partition coefficient (Wildman–Crippen LogP) is 1.53. The summed E-state index contributed by atoms with van der Waals surface area (Å²) < 4.78 is 1.14. The van der Waals surface area contributed by atoms with Crippen LogP contribution in [0.2, 0.25) is 0 Å². The lowest BCUT2D eigenvalue weighted by molar-refractivity contribution is -0.384. The van der Waals surface area contributed by atoms with Crippen LogP contribution < -0.4 is 16.6 Å². The zero-order valence-corrected chi connectivity index (χ0v) is 15.7. The number of nitro groups is 1. The highest BCUT2D eigenvalue weighted by molar-refractivity contribution is 7.99. The molecule has 0 unspecified atom stereocenters. The number of hydrazone groups is 1. The first kappa shape index (κ1) is 19.2. The zero-order chi connectivity index (χ0) is 19.9. The van der Waals surface area contributed by atoms with Gasteiger partial charge < -0.3 is 11.2 Å². The summed E-state index contributed by atoms with van der Waals surface area (Å²) in [6.45, 7) is 0. The maximum atomic E-state index is 11.9. The number of nitrogens with zero attached hydrogens (tertiary/aromatic N) is 6. The summed E-state index contributed by atoms with van der Waals surface area (Å²) in [5.74, 6) is 5.84. The molecule has 0 aliphatic heterocycles. The molecule has 3 rings (SSSR count). The molecule has 0 radical (unpaired) electrons. The number of nitrogens with one attached hydrogen (secondary N) is 2. The predicted molar refractivity (Wildman–Crippen MR) is 106 cm³/mol. The van der Waals surface area contributed by atoms with Crippen molar-refractivity contribution in [2.75, 3.05) is 22.3 Å². The Kier molecular flexibility index (Phi) is 6.13. The lowest BCUT2D eigenvalue weighted by Crippen LogP contribution is -2.16. The van der Waals surface area contributed by atoms with E-state index in [-0.39, 0.29) is 23.3 Å². The van der Waals surface area contributed by atoms with Gasteiger partial charge in [0.25, 0.3) is 11.6 Å². The molecule has 28 heavy (non-hydrogen) atoms. The van der Waals surface area contributed by atoms with Gasteiger partial charge in [-0.3, -0.25) is 14.9 Å². The molecule has 0 saturated heterocycles. The zero-order valence-electron chi connectivity index (χ0n) is 14.1. The Morgan fingerprint density at radius 3 is 3.07 bits per heavy atom. The fraction of sp³-hybridized carbons (Fsp3) is 0.0714. The van der Waals surface area contributed by atoms with Gasteiger partial charge in [-0.25, -0.2) is 15.1 Å². The molecule has 0 saturated carbocycles. The van der Waals surface area contributed by atoms with Crippen LogP contribution in [0.3, 0.4) is 0 Å². The number of nitro benzene ring substituents is 1. The maximum absolute atomic E-state index is 11.9. The standard InChI is InChI=1S/C14H13N9O3S2/c15-22-12(19-17-7-9-2-1-3-10(6-9)23(25)26)20-21-14(22)28-8-11(24)18-13-16-4-5-27-13/h1-7H,8,15H2,(H,19,20)(H,16,18,24)/b17-7+. The number of aromatic nitrogens is 4. The van der Waals surface area contributed by atoms with E-state index in [1.54, 1.807) is 23.7 Å². The molecule has 0 bridgehead atoms. The number of amides is 1. The number of thioether (sulfide) groups is 1. The summed E-state index contributed by atoms with van der Waals surface area (Å²) in [6, 6.07) is 5.97. The van der Waals surface area contributed by atoms with Gasteiger partial charge in [-0.1, -0.05) is 23.9 Å². The third-order valence-corrected chi connectivity index (χ3v) is 4.77. The molecular formula is C14H13N9O3S2. The van der Waals surface area contributed by atoms with E-state index in [2.05, 4.69) is 31.0 Å². The molecule has 0 aliphatic carbocycles. The van der Waals surface area contributed by atoms with E-state index < -0.39 is 4.92 Å². The van der Waals surface area contributed by atoms with E-state index in [9.17, 15) is 14.9 Å². The van der Waals surface area contributed by atoms with Gasteiger partial charge in [-0.15, -0.1) is 21.5 Å². The van der Waals surface area contributed by atoms with E-state index in [1.807, 2.05) is 0 Å². The third kappa shape index (κ3) is 5.01. The highest BCUT2D eigenvalue weighted by Crippen LogP contribution is 2.18. The van der Waals surface area contributed by atoms with E-state index in [1.165, 1.54) is 29.7 Å². The van der Waals surface area contributed by atoms with Crippen LogP contribution in [0, 0.1) is 10.1 Å². The number of thiazole rings is 1. The molecule has 0 fully saturated rings. The van der Waals surface area contributed by atoms with E-state index in [4.69, 9.17) is 5.84 Å². The summed E-state index contributed by atoms with van der Waals surface area (Å²) in [4.78, 5) is 26.1. The van der Waals surface area contributed by atoms with Crippen molar-refractivity contribution in [3.8, 4) is 0 Å². The summed E-state index contributed by atoms with van der Waals surface area (Å²) in [7, 11) is 0. The second kappa shape index (κ2) is 8.92. The Morgan fingerprint density at radius 2 is 2.32 bits per heavy atom. The van der Waals surface area contributed by atoms with Gasteiger partial charge in [0, 0.05) is 29.3 Å². The number of hydrogen-bond donors (Lipinski definition) is 3. The minimum atomic E-state index is -0.491. The molecule has 0 atom stereocenters. The van der Waals surface area contributed by atoms with Crippen LogP contribution in [0.15, 0.2) is 46.1 Å². The number of rotatable bonds is 8. The molecule has 3 aromatic rings. The van der Waals surface area contributed by atoms with E-state index in [0.717, 1.165) is 16.4 Å². The minimum absolute atomic E-state index is 0.0411. The number of carbonyl (C=O) groups excluding carboxylic acids is 1. The number of anilines is 2. The summed E-state index contributed by atoms with van der Waals surface area (Å²) in [5, 5.41) is 27.6. The van der Waals surface area contributed by atoms with Crippen LogP contribution in [-0.4, -0.2) is 42.7 Å². The largest absolute Gasteiger partial charge is 0.334 e. The lowest BCUT2D eigenvalue weighted by Gasteiger charge is -2.03. The minimum Gasteiger partial charge on any atom is -0.334 e. The van der Waals surface area contributed by atoms with Crippen molar-refractivity contribution in [1.82, 2.24) is 19.9 Å². The quantitative estimate of drug-likeness (QED) is 0.161. The van der Waals surface area contributed by atoms with Gasteiger partial charge in [-0.05, 0) is 0 Å². The van der Waals surface area contributed by atoms with Gasteiger partial charge in [-0.2, -0.15) is 5.10 Å². The van der Waals surface area contributed by atoms with Gasteiger partial charge in [0.15, 0.2) is 5.13 Å². The van der Waals surface area contributed by atoms with Crippen molar-refractivity contribution in [3.63, 3.8) is 0 Å². The number of benzene rings is 1. The first-order valence-corrected chi connectivity index (χ1v) is 9.45. The molecule has 1 aromatic carbocycles. The molecule has 2 heterocycles. The fourth-order valence-electron chi connectivity index (χ4n) is 1.91. The van der Waals surface area contributed by atoms with Gasteiger partial charge in [0.2, 0.25) is 11.1 Å². The molecule has 12 nitrogen and oxygen atoms in total. The number of nitrogens with two attached hydrogens (primary N) is 1. The molecule has 14 heteroatoms. The molecule has 2 aromatic heterocycles. The van der Waals surface area contributed by atoms with Crippen LogP contribution in [0.5, 0.6) is 0 Å². The van der Waals surface area contributed by atoms with Crippen LogP contribution in [0.4, 0.5) is 16.8 Å². The summed E-state index contributed by atoms with van der Waals surface area (Å²) in [5.41, 5.74) is 3.08. The van der Waals surface area contributed by atoms with Crippen molar-refractivity contribution in [3.05, 3.63) is 51.5 Å². The summed E-state index contributed by atoms with van der Waals surface area (Å²) >= 11 is 2.41. The van der Waals surface area contributed by atoms with Crippen molar-refractivity contribution < 1.29 is 9.72 Å². The monoisotopic (exact) mass is 419 g/mol. The highest BCUT2D eigenvalue weighted by atomic mass is 32.2. The Balaban J connectivity index is 1.55. The van der Waals surface area contributed by atoms with Gasteiger partial charge >= 0.3 is 0 Å². The number of non-ortho nitro benzene ring substituents is 1. The van der Waals surface area contributed by atoms with E-state index in [0.29, 0.717) is 15.9 Å². The highest BCUT2D eigenvalue weighted by Gasteiger charge is 2.12.